The van der Waals surface area contributed by atoms with E-state index < -0.39 is 0 Å². The number of carbonyl (C=O) groups excluding carboxylic acids is 1. The molecule has 0 radical (unpaired) electrons. The van der Waals surface area contributed by atoms with Gasteiger partial charge in [0.1, 0.15) is 4.88 Å². The number of carbonyl (C=O) groups is 1. The molecule has 1 aliphatic heterocycles. The van der Waals surface area contributed by atoms with Crippen molar-refractivity contribution in [2.45, 2.75) is 13.0 Å². The van der Waals surface area contributed by atoms with Crippen LogP contribution in [0, 0.1) is 0 Å². The number of amides is 1. The first kappa shape index (κ1) is 17.8. The van der Waals surface area contributed by atoms with Crippen molar-refractivity contribution in [1.29, 1.82) is 0 Å². The summed E-state index contributed by atoms with van der Waals surface area (Å²) in [6.07, 6.45) is 5.11. The lowest BCUT2D eigenvalue weighted by Gasteiger charge is -2.38. The molecule has 1 saturated heterocycles. The molecule has 1 N–H and O–H groups in total. The van der Waals surface area contributed by atoms with Crippen molar-refractivity contribution in [2.24, 2.45) is 0 Å². The third-order valence-electron chi connectivity index (χ3n) is 5.05. The number of aromatic nitrogens is 3. The maximum absolute atomic E-state index is 11.7. The van der Waals surface area contributed by atoms with Crippen molar-refractivity contribution in [1.82, 2.24) is 25.2 Å². The highest BCUT2D eigenvalue weighted by Crippen LogP contribution is 2.27. The maximum Gasteiger partial charge on any atom is 0.262 e. The van der Waals surface area contributed by atoms with Crippen LogP contribution in [0.2, 0.25) is 0 Å². The molecule has 0 spiro atoms. The molecule has 8 heteroatoms. The normalized spacial score (nSPS) is 16.4. The molecule has 2 aromatic heterocycles. The highest BCUT2D eigenvalue weighted by atomic mass is 32.1. The highest BCUT2D eigenvalue weighted by molar-refractivity contribution is 7.17. The molecule has 3 heterocycles. The molecule has 0 saturated carbocycles. The molecule has 1 atom stereocenters. The zero-order valence-electron chi connectivity index (χ0n) is 15.4. The van der Waals surface area contributed by atoms with Crippen molar-refractivity contribution < 1.29 is 4.79 Å². The summed E-state index contributed by atoms with van der Waals surface area (Å²) in [5, 5.41) is 3.56. The number of piperazine rings is 1. The minimum absolute atomic E-state index is 0.0783. The molecule has 1 unspecified atom stereocenters. The Kier molecular flexibility index (Phi) is 5.00. The summed E-state index contributed by atoms with van der Waals surface area (Å²) in [5.74, 6) is -0.0783. The fourth-order valence-electron chi connectivity index (χ4n) is 3.39. The third kappa shape index (κ3) is 3.63. The number of hydrogen-bond donors (Lipinski definition) is 1. The van der Waals surface area contributed by atoms with Gasteiger partial charge in [-0.3, -0.25) is 19.7 Å². The molecule has 3 aromatic rings. The predicted octanol–water partition coefficient (Wildman–Crippen LogP) is 2.33. The number of thiazole rings is 1. The average Bonchev–Trinajstić information content (AvgIpc) is 3.22. The zero-order chi connectivity index (χ0) is 18.8. The van der Waals surface area contributed by atoms with Crippen LogP contribution in [-0.4, -0.2) is 59.0 Å². The summed E-state index contributed by atoms with van der Waals surface area (Å²) in [4.78, 5) is 30.3. The number of benzene rings is 1. The average molecular weight is 382 g/mol. The van der Waals surface area contributed by atoms with E-state index in [0.29, 0.717) is 10.9 Å². The van der Waals surface area contributed by atoms with Crippen LogP contribution in [0.5, 0.6) is 0 Å². The molecule has 1 aliphatic rings. The molecule has 0 bridgehead atoms. The lowest BCUT2D eigenvalue weighted by atomic mass is 10.1. The van der Waals surface area contributed by atoms with Crippen LogP contribution in [0.4, 0.5) is 5.13 Å². The van der Waals surface area contributed by atoms with Gasteiger partial charge in [0.15, 0.2) is 5.13 Å². The number of nitrogens with one attached hydrogen (secondary N) is 1. The maximum atomic E-state index is 11.7. The quantitative estimate of drug-likeness (QED) is 0.747. The Labute approximate surface area is 162 Å². The summed E-state index contributed by atoms with van der Waals surface area (Å²) in [5.41, 5.74) is 3.12. The lowest BCUT2D eigenvalue weighted by Crippen LogP contribution is -2.47. The molecule has 1 fully saturated rings. The Morgan fingerprint density at radius 1 is 1.11 bits per heavy atom. The van der Waals surface area contributed by atoms with Gasteiger partial charge in [-0.25, -0.2) is 4.98 Å². The van der Waals surface area contributed by atoms with Gasteiger partial charge in [0.25, 0.3) is 5.91 Å². The Morgan fingerprint density at radius 2 is 1.85 bits per heavy atom. The van der Waals surface area contributed by atoms with Gasteiger partial charge in [0, 0.05) is 51.7 Å². The lowest BCUT2D eigenvalue weighted by molar-refractivity contribution is 0.0967. The smallest absolute Gasteiger partial charge is 0.262 e. The molecule has 1 amide bonds. The standard InChI is InChI=1S/C19H22N6OS/c1-13(14-3-4-15-16(11-14)22-6-5-21-15)24-7-9-25(10-8-24)19-23-12-17(27-19)18(26)20-2/h3-6,11-13H,7-10H2,1-2H3,(H,20,26). The summed E-state index contributed by atoms with van der Waals surface area (Å²) in [7, 11) is 1.64. The largest absolute Gasteiger partial charge is 0.354 e. The van der Waals surface area contributed by atoms with E-state index in [1.54, 1.807) is 25.6 Å². The van der Waals surface area contributed by atoms with Crippen molar-refractivity contribution in [3.63, 3.8) is 0 Å². The fourth-order valence-corrected chi connectivity index (χ4v) is 4.30. The number of anilines is 1. The summed E-state index contributed by atoms with van der Waals surface area (Å²) in [6.45, 7) is 5.94. The minimum Gasteiger partial charge on any atom is -0.354 e. The second-order valence-electron chi connectivity index (χ2n) is 6.59. The Morgan fingerprint density at radius 3 is 2.59 bits per heavy atom. The zero-order valence-corrected chi connectivity index (χ0v) is 16.2. The monoisotopic (exact) mass is 382 g/mol. The molecule has 7 nitrogen and oxygen atoms in total. The molecule has 27 heavy (non-hydrogen) atoms. The van der Waals surface area contributed by atoms with Crippen LogP contribution < -0.4 is 10.2 Å². The van der Waals surface area contributed by atoms with Gasteiger partial charge < -0.3 is 10.2 Å². The first-order valence-electron chi connectivity index (χ1n) is 9.03. The van der Waals surface area contributed by atoms with Gasteiger partial charge in [0.2, 0.25) is 0 Å². The van der Waals surface area contributed by atoms with Crippen LogP contribution in [0.25, 0.3) is 11.0 Å². The van der Waals surface area contributed by atoms with Gasteiger partial charge in [-0.1, -0.05) is 17.4 Å². The van der Waals surface area contributed by atoms with Gasteiger partial charge in [-0.15, -0.1) is 0 Å². The SMILES string of the molecule is CNC(=O)c1cnc(N2CCN(C(C)c3ccc4nccnc4c3)CC2)s1. The van der Waals surface area contributed by atoms with Crippen molar-refractivity contribution in [3.05, 3.63) is 47.2 Å². The van der Waals surface area contributed by atoms with Gasteiger partial charge in [-0.05, 0) is 24.6 Å². The summed E-state index contributed by atoms with van der Waals surface area (Å²) < 4.78 is 0. The first-order valence-corrected chi connectivity index (χ1v) is 9.85. The van der Waals surface area contributed by atoms with Crippen LogP contribution in [-0.2, 0) is 0 Å². The molecule has 1 aromatic carbocycles. The minimum atomic E-state index is -0.0783. The van der Waals surface area contributed by atoms with E-state index in [2.05, 4.69) is 49.1 Å². The van der Waals surface area contributed by atoms with Crippen molar-refractivity contribution in [3.8, 4) is 0 Å². The topological polar surface area (TPSA) is 74.2 Å². The summed E-state index contributed by atoms with van der Waals surface area (Å²) >= 11 is 1.45. The number of nitrogens with zero attached hydrogens (tertiary/aromatic N) is 5. The third-order valence-corrected chi connectivity index (χ3v) is 6.11. The number of hydrogen-bond acceptors (Lipinski definition) is 7. The Hall–Kier alpha value is -2.58. The van der Waals surface area contributed by atoms with Crippen LogP contribution in [0.1, 0.15) is 28.2 Å². The van der Waals surface area contributed by atoms with E-state index in [4.69, 9.17) is 0 Å². The van der Waals surface area contributed by atoms with Crippen molar-refractivity contribution >= 4 is 33.4 Å². The molecule has 0 aliphatic carbocycles. The van der Waals surface area contributed by atoms with Gasteiger partial charge >= 0.3 is 0 Å². The van der Waals surface area contributed by atoms with Gasteiger partial charge in [-0.2, -0.15) is 0 Å². The van der Waals surface area contributed by atoms with Crippen LogP contribution in [0.3, 0.4) is 0 Å². The van der Waals surface area contributed by atoms with E-state index in [9.17, 15) is 4.79 Å². The van der Waals surface area contributed by atoms with E-state index in [-0.39, 0.29) is 5.91 Å². The molecule has 4 rings (SSSR count). The molecular weight excluding hydrogens is 360 g/mol. The fraction of sp³-hybridized carbons (Fsp3) is 0.368. The number of rotatable bonds is 4. The first-order chi connectivity index (χ1) is 13.2. The summed E-state index contributed by atoms with van der Waals surface area (Å²) in [6, 6.07) is 6.64. The highest BCUT2D eigenvalue weighted by Gasteiger charge is 2.24. The van der Waals surface area contributed by atoms with E-state index in [0.717, 1.165) is 42.3 Å². The Bertz CT molecular complexity index is 950. The van der Waals surface area contributed by atoms with Gasteiger partial charge in [0.05, 0.1) is 17.2 Å². The molecule has 140 valence electrons. The number of fused-ring (bicyclic) bond motifs is 1. The Balaban J connectivity index is 1.42. The predicted molar refractivity (Wildman–Crippen MR) is 107 cm³/mol. The molecular formula is C19H22N6OS. The second-order valence-corrected chi connectivity index (χ2v) is 7.60. The van der Waals surface area contributed by atoms with E-state index in [1.165, 1.54) is 16.9 Å². The second kappa shape index (κ2) is 7.58. The van der Waals surface area contributed by atoms with E-state index in [1.807, 2.05) is 6.07 Å². The van der Waals surface area contributed by atoms with Crippen molar-refractivity contribution in [2.75, 3.05) is 38.1 Å². The van der Waals surface area contributed by atoms with E-state index >= 15 is 0 Å². The van der Waals surface area contributed by atoms with Crippen LogP contribution >= 0.6 is 11.3 Å². The van der Waals surface area contributed by atoms with Crippen LogP contribution in [0.15, 0.2) is 36.8 Å².